The molecule has 2 heterocycles. The summed E-state index contributed by atoms with van der Waals surface area (Å²) in [6.07, 6.45) is 3.28. The van der Waals surface area contributed by atoms with E-state index in [1.54, 1.807) is 60.9 Å². The molecule has 0 radical (unpaired) electrons. The van der Waals surface area contributed by atoms with Gasteiger partial charge < -0.3 is 10.1 Å². The zero-order chi connectivity index (χ0) is 25.0. The van der Waals surface area contributed by atoms with E-state index in [9.17, 15) is 13.2 Å². The van der Waals surface area contributed by atoms with Crippen molar-refractivity contribution in [1.82, 2.24) is 4.98 Å². The minimum absolute atomic E-state index is 0.113. The first kappa shape index (κ1) is 23.6. The van der Waals surface area contributed by atoms with Crippen LogP contribution in [0.25, 0.3) is 0 Å². The molecular formula is C28H25N3O4S. The quantitative estimate of drug-likeness (QED) is 0.407. The fourth-order valence-electron chi connectivity index (χ4n) is 4.13. The van der Waals surface area contributed by atoms with Gasteiger partial charge in [0.25, 0.3) is 5.91 Å². The summed E-state index contributed by atoms with van der Waals surface area (Å²) in [5, 5.41) is 2.86. The normalized spacial score (nSPS) is 15.0. The zero-order valence-corrected chi connectivity index (χ0v) is 20.3. The second kappa shape index (κ2) is 10.2. The Morgan fingerprint density at radius 2 is 1.53 bits per heavy atom. The average molecular weight is 500 g/mol. The summed E-state index contributed by atoms with van der Waals surface area (Å²) in [5.41, 5.74) is 3.96. The molecule has 1 amide bonds. The fraction of sp³-hybridized carbons (Fsp3) is 0.143. The number of rotatable bonds is 7. The number of hydrogen-bond donors (Lipinski definition) is 1. The van der Waals surface area contributed by atoms with E-state index in [-0.39, 0.29) is 12.3 Å². The molecule has 8 heteroatoms. The van der Waals surface area contributed by atoms with Crippen molar-refractivity contribution in [1.29, 1.82) is 0 Å². The van der Waals surface area contributed by atoms with E-state index < -0.39 is 22.0 Å². The number of ether oxygens (including phenoxy) is 1. The maximum atomic E-state index is 13.4. The molecular weight excluding hydrogens is 474 g/mol. The third kappa shape index (κ3) is 5.39. The van der Waals surface area contributed by atoms with E-state index in [4.69, 9.17) is 4.74 Å². The summed E-state index contributed by atoms with van der Waals surface area (Å²) in [6, 6.07) is 27.3. The molecule has 1 aliphatic heterocycles. The molecule has 0 aliphatic carbocycles. The summed E-state index contributed by atoms with van der Waals surface area (Å²) < 4.78 is 33.9. The number of carbonyl (C=O) groups is 1. The second-order valence-electron chi connectivity index (χ2n) is 8.57. The van der Waals surface area contributed by atoms with Crippen LogP contribution in [0.2, 0.25) is 0 Å². The molecule has 0 saturated heterocycles. The molecule has 0 bridgehead atoms. The highest BCUT2D eigenvalue weighted by Crippen LogP contribution is 2.36. The maximum absolute atomic E-state index is 13.4. The largest absolute Gasteiger partial charge is 0.476 e. The first-order valence-electron chi connectivity index (χ1n) is 11.6. The van der Waals surface area contributed by atoms with Gasteiger partial charge in [0, 0.05) is 18.1 Å². The van der Waals surface area contributed by atoms with Crippen molar-refractivity contribution in [2.75, 3.05) is 16.2 Å². The lowest BCUT2D eigenvalue weighted by atomic mass is 10.1. The lowest BCUT2D eigenvalue weighted by Crippen LogP contribution is -2.49. The zero-order valence-electron chi connectivity index (χ0n) is 19.4. The highest BCUT2D eigenvalue weighted by molar-refractivity contribution is 7.92. The van der Waals surface area contributed by atoms with Crippen LogP contribution in [-0.4, -0.2) is 32.0 Å². The van der Waals surface area contributed by atoms with E-state index in [0.717, 1.165) is 17.5 Å². The Bertz CT molecular complexity index is 1440. The number of aromatic nitrogens is 1. The number of para-hydroxylation sites is 2. The number of benzene rings is 3. The molecule has 36 heavy (non-hydrogen) atoms. The van der Waals surface area contributed by atoms with Crippen LogP contribution in [0.4, 0.5) is 11.4 Å². The summed E-state index contributed by atoms with van der Waals surface area (Å²) in [6.45, 7) is -0.113. The highest BCUT2D eigenvalue weighted by Gasteiger charge is 2.36. The molecule has 5 rings (SSSR count). The van der Waals surface area contributed by atoms with Gasteiger partial charge in [-0.3, -0.25) is 14.1 Å². The minimum Gasteiger partial charge on any atom is -0.476 e. The Morgan fingerprint density at radius 1 is 0.861 bits per heavy atom. The van der Waals surface area contributed by atoms with Crippen LogP contribution in [0.3, 0.4) is 0 Å². The first-order chi connectivity index (χ1) is 17.5. The molecule has 1 atom stereocenters. The molecule has 4 aromatic rings. The number of nitrogens with one attached hydrogen (secondary N) is 1. The number of carbonyl (C=O) groups excluding carboxylic acids is 1. The minimum atomic E-state index is -3.76. The van der Waals surface area contributed by atoms with Gasteiger partial charge in [0.2, 0.25) is 10.0 Å². The van der Waals surface area contributed by atoms with Crippen LogP contribution in [0.5, 0.6) is 5.75 Å². The van der Waals surface area contributed by atoms with Crippen LogP contribution in [-0.2, 0) is 27.0 Å². The van der Waals surface area contributed by atoms with Gasteiger partial charge in [0.1, 0.15) is 5.75 Å². The lowest BCUT2D eigenvalue weighted by Gasteiger charge is -2.34. The number of anilines is 2. The van der Waals surface area contributed by atoms with Crippen molar-refractivity contribution in [3.8, 4) is 5.75 Å². The monoisotopic (exact) mass is 499 g/mol. The molecule has 1 aromatic heterocycles. The number of fused-ring (bicyclic) bond motifs is 1. The predicted octanol–water partition coefficient (Wildman–Crippen LogP) is 4.41. The predicted molar refractivity (Wildman–Crippen MR) is 139 cm³/mol. The van der Waals surface area contributed by atoms with Crippen LogP contribution < -0.4 is 14.4 Å². The van der Waals surface area contributed by atoms with Gasteiger partial charge in [-0.25, -0.2) is 8.42 Å². The van der Waals surface area contributed by atoms with E-state index in [1.807, 2.05) is 42.5 Å². The number of nitrogens with zero attached hydrogens (tertiary/aromatic N) is 2. The number of sulfonamides is 1. The van der Waals surface area contributed by atoms with Gasteiger partial charge in [0.15, 0.2) is 6.10 Å². The van der Waals surface area contributed by atoms with Gasteiger partial charge in [-0.05, 0) is 59.5 Å². The molecule has 0 spiro atoms. The van der Waals surface area contributed by atoms with E-state index in [1.165, 1.54) is 4.31 Å². The van der Waals surface area contributed by atoms with Crippen molar-refractivity contribution in [3.05, 3.63) is 120 Å². The summed E-state index contributed by atoms with van der Waals surface area (Å²) in [7, 11) is -3.76. The molecule has 7 nitrogen and oxygen atoms in total. The van der Waals surface area contributed by atoms with E-state index in [0.29, 0.717) is 22.7 Å². The van der Waals surface area contributed by atoms with E-state index >= 15 is 0 Å². The third-order valence-electron chi connectivity index (χ3n) is 5.93. The lowest BCUT2D eigenvalue weighted by molar-refractivity contribution is -0.122. The molecule has 0 fully saturated rings. The number of pyridine rings is 1. The van der Waals surface area contributed by atoms with Gasteiger partial charge >= 0.3 is 0 Å². The average Bonchev–Trinajstić information content (AvgIpc) is 2.90. The maximum Gasteiger partial charge on any atom is 0.267 e. The molecule has 3 aromatic carbocycles. The highest BCUT2D eigenvalue weighted by atomic mass is 32.2. The van der Waals surface area contributed by atoms with Gasteiger partial charge in [-0.2, -0.15) is 0 Å². The van der Waals surface area contributed by atoms with Gasteiger partial charge in [-0.15, -0.1) is 0 Å². The third-order valence-corrected chi connectivity index (χ3v) is 7.65. The Morgan fingerprint density at radius 3 is 2.28 bits per heavy atom. The summed E-state index contributed by atoms with van der Waals surface area (Å²) in [5.74, 6) is -0.227. The Kier molecular flexibility index (Phi) is 6.69. The summed E-state index contributed by atoms with van der Waals surface area (Å²) in [4.78, 5) is 17.2. The Labute approximate surface area is 210 Å². The van der Waals surface area contributed by atoms with Crippen LogP contribution in [0, 0.1) is 0 Å². The first-order valence-corrected chi connectivity index (χ1v) is 13.2. The number of amides is 1. The molecule has 0 unspecified atom stereocenters. The van der Waals surface area contributed by atoms with Gasteiger partial charge in [0.05, 0.1) is 18.0 Å². The Hall–Kier alpha value is -4.17. The van der Waals surface area contributed by atoms with Crippen molar-refractivity contribution in [2.24, 2.45) is 0 Å². The van der Waals surface area contributed by atoms with Gasteiger partial charge in [-0.1, -0.05) is 54.6 Å². The van der Waals surface area contributed by atoms with Crippen molar-refractivity contribution < 1.29 is 17.9 Å². The molecule has 1 N–H and O–H groups in total. The standard InChI is InChI=1S/C28H25N3O4S/c32-28(30-24-12-10-21(11-13-24)18-22-14-16-29-17-15-22)27-19-31(25-8-4-5-9-26(25)35-27)36(33,34)20-23-6-2-1-3-7-23/h1-17,27H,18-20H2,(H,30,32)/t27-/m0/s1. The van der Waals surface area contributed by atoms with Crippen LogP contribution in [0.1, 0.15) is 16.7 Å². The van der Waals surface area contributed by atoms with Crippen LogP contribution in [0.15, 0.2) is 103 Å². The molecule has 182 valence electrons. The van der Waals surface area contributed by atoms with Crippen LogP contribution >= 0.6 is 0 Å². The van der Waals surface area contributed by atoms with Crippen molar-refractivity contribution in [3.63, 3.8) is 0 Å². The molecule has 0 saturated carbocycles. The summed E-state index contributed by atoms with van der Waals surface area (Å²) >= 11 is 0. The SMILES string of the molecule is O=C(Nc1ccc(Cc2ccncc2)cc1)[C@@H]1CN(S(=O)(=O)Cc2ccccc2)c2ccccc2O1. The fourth-order valence-corrected chi connectivity index (χ4v) is 5.71. The second-order valence-corrected chi connectivity index (χ2v) is 10.5. The van der Waals surface area contributed by atoms with E-state index in [2.05, 4.69) is 10.3 Å². The Balaban J connectivity index is 1.31. The number of hydrogen-bond acceptors (Lipinski definition) is 5. The topological polar surface area (TPSA) is 88.6 Å². The van der Waals surface area contributed by atoms with Crippen molar-refractivity contribution in [2.45, 2.75) is 18.3 Å². The smallest absolute Gasteiger partial charge is 0.267 e. The van der Waals surface area contributed by atoms with Crippen molar-refractivity contribution >= 4 is 27.3 Å². The molecule has 1 aliphatic rings.